The lowest BCUT2D eigenvalue weighted by molar-refractivity contribution is -0.139. The molecule has 4 nitrogen and oxygen atoms in total. The Morgan fingerprint density at radius 2 is 1.85 bits per heavy atom. The first-order valence-corrected chi connectivity index (χ1v) is 11.8. The van der Waals surface area contributed by atoms with E-state index in [0.717, 1.165) is 11.3 Å². The van der Waals surface area contributed by atoms with Gasteiger partial charge in [-0.3, -0.25) is 4.79 Å². The zero-order valence-electron chi connectivity index (χ0n) is 19.0. The maximum atomic E-state index is 13.3. The summed E-state index contributed by atoms with van der Waals surface area (Å²) in [6.07, 6.45) is 1.73. The van der Waals surface area contributed by atoms with Gasteiger partial charge in [0.25, 0.3) is 0 Å². The SMILES string of the molecule is CC1=C(C(=O)OCCc2ccccc2)[C@H](c2ccc(Cl)cc2Cl)C2=C(CC(C)(C)CC2=O)N1. The molecule has 6 heteroatoms. The summed E-state index contributed by atoms with van der Waals surface area (Å²) in [5, 5.41) is 4.26. The lowest BCUT2D eigenvalue weighted by atomic mass is 9.68. The smallest absolute Gasteiger partial charge is 0.336 e. The molecule has 0 fully saturated rings. The number of Topliss-reactive ketones (excluding diaryl/α,β-unsaturated/α-hetero) is 1. The van der Waals surface area contributed by atoms with E-state index in [1.54, 1.807) is 18.2 Å². The molecule has 0 spiro atoms. The van der Waals surface area contributed by atoms with Gasteiger partial charge >= 0.3 is 5.97 Å². The molecule has 172 valence electrons. The fourth-order valence-electron chi connectivity index (χ4n) is 4.74. The number of allylic oxidation sites excluding steroid dienone is 3. The molecule has 0 unspecified atom stereocenters. The van der Waals surface area contributed by atoms with Crippen LogP contribution in [0.25, 0.3) is 0 Å². The fraction of sp³-hybridized carbons (Fsp3) is 0.333. The third-order valence-corrected chi connectivity index (χ3v) is 6.76. The summed E-state index contributed by atoms with van der Waals surface area (Å²) in [6.45, 7) is 6.24. The van der Waals surface area contributed by atoms with Gasteiger partial charge in [0.2, 0.25) is 0 Å². The molecule has 1 heterocycles. The van der Waals surface area contributed by atoms with E-state index in [-0.39, 0.29) is 17.8 Å². The van der Waals surface area contributed by atoms with E-state index in [1.165, 1.54) is 0 Å². The van der Waals surface area contributed by atoms with Gasteiger partial charge in [-0.05, 0) is 42.0 Å². The minimum atomic E-state index is -0.598. The molecule has 0 aromatic heterocycles. The molecule has 2 aromatic carbocycles. The van der Waals surface area contributed by atoms with Crippen molar-refractivity contribution in [1.82, 2.24) is 5.32 Å². The summed E-state index contributed by atoms with van der Waals surface area (Å²) in [6, 6.07) is 15.0. The normalized spacial score (nSPS) is 19.8. The molecule has 0 saturated carbocycles. The van der Waals surface area contributed by atoms with Crippen molar-refractivity contribution >= 4 is 35.0 Å². The number of hydrogen-bond donors (Lipinski definition) is 1. The van der Waals surface area contributed by atoms with Crippen molar-refractivity contribution in [2.45, 2.75) is 46.0 Å². The summed E-state index contributed by atoms with van der Waals surface area (Å²) >= 11 is 12.7. The number of halogens is 2. The van der Waals surface area contributed by atoms with Gasteiger partial charge in [0, 0.05) is 45.8 Å². The van der Waals surface area contributed by atoms with Crippen LogP contribution in [0.1, 0.15) is 50.7 Å². The predicted octanol–water partition coefficient (Wildman–Crippen LogP) is 6.38. The van der Waals surface area contributed by atoms with Crippen LogP contribution in [0.15, 0.2) is 71.1 Å². The summed E-state index contributed by atoms with van der Waals surface area (Å²) < 4.78 is 5.69. The van der Waals surface area contributed by atoms with Crippen molar-refractivity contribution in [2.24, 2.45) is 5.41 Å². The summed E-state index contributed by atoms with van der Waals surface area (Å²) in [5.41, 5.74) is 4.15. The van der Waals surface area contributed by atoms with E-state index >= 15 is 0 Å². The van der Waals surface area contributed by atoms with Crippen LogP contribution in [-0.4, -0.2) is 18.4 Å². The number of hydrogen-bond acceptors (Lipinski definition) is 4. The molecule has 0 amide bonds. The van der Waals surface area contributed by atoms with Crippen LogP contribution in [0.3, 0.4) is 0 Å². The molecular weight excluding hydrogens is 457 g/mol. The Balaban J connectivity index is 1.70. The number of carbonyl (C=O) groups is 2. The highest BCUT2D eigenvalue weighted by Gasteiger charge is 2.43. The second-order valence-corrected chi connectivity index (χ2v) is 10.3. The Kier molecular flexibility index (Phi) is 6.69. The van der Waals surface area contributed by atoms with E-state index in [2.05, 4.69) is 19.2 Å². The highest BCUT2D eigenvalue weighted by Crippen LogP contribution is 2.48. The Labute approximate surface area is 204 Å². The number of esters is 1. The quantitative estimate of drug-likeness (QED) is 0.500. The number of carbonyl (C=O) groups excluding carboxylic acids is 2. The Morgan fingerprint density at radius 1 is 1.12 bits per heavy atom. The van der Waals surface area contributed by atoms with E-state index in [0.29, 0.717) is 51.7 Å². The van der Waals surface area contributed by atoms with Crippen LogP contribution < -0.4 is 5.32 Å². The van der Waals surface area contributed by atoms with Gasteiger partial charge in [-0.2, -0.15) is 0 Å². The highest BCUT2D eigenvalue weighted by atomic mass is 35.5. The standard InChI is InChI=1S/C27H27Cl2NO3/c1-16-23(26(32)33-12-11-17-7-5-4-6-8-17)24(19-10-9-18(28)13-20(19)29)25-21(30-16)14-27(2,3)15-22(25)31/h4-10,13,24,30H,11-12,14-15H2,1-3H3/t24-/m0/s1. The summed E-state index contributed by atoms with van der Waals surface area (Å²) in [7, 11) is 0. The number of rotatable bonds is 5. The molecule has 0 bridgehead atoms. The van der Waals surface area contributed by atoms with E-state index in [4.69, 9.17) is 27.9 Å². The Bertz CT molecular complexity index is 1170. The third kappa shape index (κ3) is 5.02. The average molecular weight is 484 g/mol. The van der Waals surface area contributed by atoms with Crippen molar-refractivity contribution in [3.63, 3.8) is 0 Å². The molecular formula is C27H27Cl2NO3. The molecule has 1 aliphatic heterocycles. The number of dihydropyridines is 1. The number of nitrogens with one attached hydrogen (secondary N) is 1. The van der Waals surface area contributed by atoms with Gasteiger partial charge in [0.05, 0.1) is 12.2 Å². The highest BCUT2D eigenvalue weighted by molar-refractivity contribution is 6.35. The van der Waals surface area contributed by atoms with Gasteiger partial charge in [-0.1, -0.05) is 73.4 Å². The minimum Gasteiger partial charge on any atom is -0.462 e. The lowest BCUT2D eigenvalue weighted by Crippen LogP contribution is -2.38. The van der Waals surface area contributed by atoms with Gasteiger partial charge < -0.3 is 10.1 Å². The van der Waals surface area contributed by atoms with E-state index in [9.17, 15) is 9.59 Å². The first-order valence-electron chi connectivity index (χ1n) is 11.1. The average Bonchev–Trinajstić information content (AvgIpc) is 2.72. The van der Waals surface area contributed by atoms with Crippen LogP contribution in [0, 0.1) is 5.41 Å². The number of benzene rings is 2. The van der Waals surface area contributed by atoms with Crippen molar-refractivity contribution in [1.29, 1.82) is 0 Å². The predicted molar refractivity (Wildman–Crippen MR) is 131 cm³/mol. The van der Waals surface area contributed by atoms with Gasteiger partial charge in [0.15, 0.2) is 5.78 Å². The maximum Gasteiger partial charge on any atom is 0.336 e. The first-order chi connectivity index (χ1) is 15.7. The molecule has 1 atom stereocenters. The topological polar surface area (TPSA) is 55.4 Å². The first kappa shape index (κ1) is 23.6. The summed E-state index contributed by atoms with van der Waals surface area (Å²) in [4.78, 5) is 26.7. The second kappa shape index (κ2) is 9.36. The Hall–Kier alpha value is -2.56. The second-order valence-electron chi connectivity index (χ2n) is 9.47. The van der Waals surface area contributed by atoms with Crippen molar-refractivity contribution in [2.75, 3.05) is 6.61 Å². The van der Waals surface area contributed by atoms with Crippen LogP contribution >= 0.6 is 23.2 Å². The largest absolute Gasteiger partial charge is 0.462 e. The number of ketones is 1. The zero-order chi connectivity index (χ0) is 23.8. The van der Waals surface area contributed by atoms with E-state index < -0.39 is 11.9 Å². The maximum absolute atomic E-state index is 13.3. The molecule has 4 rings (SSSR count). The van der Waals surface area contributed by atoms with Crippen molar-refractivity contribution < 1.29 is 14.3 Å². The monoisotopic (exact) mass is 483 g/mol. The van der Waals surface area contributed by atoms with Crippen molar-refractivity contribution in [3.8, 4) is 0 Å². The number of ether oxygens (including phenoxy) is 1. The van der Waals surface area contributed by atoms with Gasteiger partial charge in [-0.25, -0.2) is 4.79 Å². The van der Waals surface area contributed by atoms with Gasteiger partial charge in [-0.15, -0.1) is 0 Å². The Morgan fingerprint density at radius 3 is 2.55 bits per heavy atom. The molecule has 2 aliphatic rings. The van der Waals surface area contributed by atoms with E-state index in [1.807, 2.05) is 37.3 Å². The summed E-state index contributed by atoms with van der Waals surface area (Å²) in [5.74, 6) is -1.03. The molecule has 1 aliphatic carbocycles. The molecule has 0 saturated heterocycles. The lowest BCUT2D eigenvalue weighted by Gasteiger charge is -2.39. The molecule has 1 N–H and O–H groups in total. The van der Waals surface area contributed by atoms with Crippen LogP contribution in [0.2, 0.25) is 10.0 Å². The minimum absolute atomic E-state index is 0.0202. The zero-order valence-corrected chi connectivity index (χ0v) is 20.5. The molecule has 33 heavy (non-hydrogen) atoms. The fourth-order valence-corrected chi connectivity index (χ4v) is 5.25. The molecule has 2 aromatic rings. The van der Waals surface area contributed by atoms with Crippen LogP contribution in [0.5, 0.6) is 0 Å². The third-order valence-electron chi connectivity index (χ3n) is 6.20. The van der Waals surface area contributed by atoms with Crippen LogP contribution in [-0.2, 0) is 20.7 Å². The van der Waals surface area contributed by atoms with Gasteiger partial charge in [0.1, 0.15) is 0 Å². The van der Waals surface area contributed by atoms with Crippen molar-refractivity contribution in [3.05, 3.63) is 92.2 Å². The molecule has 0 radical (unpaired) electrons. The van der Waals surface area contributed by atoms with Crippen LogP contribution in [0.4, 0.5) is 0 Å².